The summed E-state index contributed by atoms with van der Waals surface area (Å²) in [5.74, 6) is 0. The number of anilines is 1. The van der Waals surface area contributed by atoms with E-state index in [1.165, 1.54) is 5.56 Å². The Kier molecular flexibility index (Phi) is 5.17. The first kappa shape index (κ1) is 15.0. The van der Waals surface area contributed by atoms with Gasteiger partial charge >= 0.3 is 0 Å². The standard InChI is InChI=1S/C15H26N2O/c1-12(2)16-10-15(4,18)11-17(5)14-8-6-7-13(3)9-14/h6-9,12,16,18H,10-11H2,1-5H3. The average Bonchev–Trinajstić information content (AvgIpc) is 2.26. The predicted octanol–water partition coefficient (Wildman–Crippen LogP) is 2.18. The van der Waals surface area contributed by atoms with E-state index in [1.807, 2.05) is 20.0 Å². The molecule has 1 atom stereocenters. The summed E-state index contributed by atoms with van der Waals surface area (Å²) in [5, 5.41) is 13.6. The van der Waals surface area contributed by atoms with Crippen molar-refractivity contribution in [2.45, 2.75) is 39.3 Å². The fourth-order valence-electron chi connectivity index (χ4n) is 1.95. The Morgan fingerprint density at radius 1 is 1.39 bits per heavy atom. The second-order valence-electron chi connectivity index (χ2n) is 5.73. The van der Waals surface area contributed by atoms with Crippen LogP contribution in [0.3, 0.4) is 0 Å². The molecule has 1 unspecified atom stereocenters. The SMILES string of the molecule is Cc1cccc(N(C)CC(C)(O)CNC(C)C)c1. The summed E-state index contributed by atoms with van der Waals surface area (Å²) >= 11 is 0. The smallest absolute Gasteiger partial charge is 0.0917 e. The molecule has 1 aromatic rings. The maximum atomic E-state index is 10.4. The molecule has 0 aromatic heterocycles. The molecule has 1 rings (SSSR count). The molecule has 0 saturated carbocycles. The van der Waals surface area contributed by atoms with E-state index >= 15 is 0 Å². The van der Waals surface area contributed by atoms with Crippen LogP contribution in [0.25, 0.3) is 0 Å². The maximum absolute atomic E-state index is 10.4. The van der Waals surface area contributed by atoms with Crippen LogP contribution >= 0.6 is 0 Å². The van der Waals surface area contributed by atoms with Gasteiger partial charge in [-0.2, -0.15) is 0 Å². The molecule has 0 bridgehead atoms. The number of hydrogen-bond acceptors (Lipinski definition) is 3. The Morgan fingerprint density at radius 2 is 2.06 bits per heavy atom. The molecule has 3 heteroatoms. The Bertz CT molecular complexity index is 375. The summed E-state index contributed by atoms with van der Waals surface area (Å²) in [6, 6.07) is 8.71. The van der Waals surface area contributed by atoms with E-state index in [0.29, 0.717) is 19.1 Å². The molecule has 102 valence electrons. The predicted molar refractivity (Wildman–Crippen MR) is 78.2 cm³/mol. The molecule has 0 heterocycles. The molecule has 0 amide bonds. The van der Waals surface area contributed by atoms with Gasteiger partial charge in [-0.1, -0.05) is 26.0 Å². The van der Waals surface area contributed by atoms with Crippen LogP contribution in [0.2, 0.25) is 0 Å². The number of aryl methyl sites for hydroxylation is 1. The van der Waals surface area contributed by atoms with Crippen LogP contribution in [0.1, 0.15) is 26.3 Å². The van der Waals surface area contributed by atoms with Crippen molar-refractivity contribution in [2.75, 3.05) is 25.0 Å². The topological polar surface area (TPSA) is 35.5 Å². The first-order chi connectivity index (χ1) is 8.30. The minimum atomic E-state index is -0.733. The van der Waals surface area contributed by atoms with E-state index in [1.54, 1.807) is 0 Å². The summed E-state index contributed by atoms with van der Waals surface area (Å²) in [4.78, 5) is 2.09. The number of aliphatic hydroxyl groups is 1. The number of nitrogens with one attached hydrogen (secondary N) is 1. The van der Waals surface area contributed by atoms with E-state index in [0.717, 1.165) is 5.69 Å². The van der Waals surface area contributed by atoms with Crippen LogP contribution < -0.4 is 10.2 Å². The van der Waals surface area contributed by atoms with Crippen LogP contribution in [0.5, 0.6) is 0 Å². The molecule has 1 aromatic carbocycles. The molecule has 0 radical (unpaired) electrons. The molecule has 2 N–H and O–H groups in total. The Labute approximate surface area is 111 Å². The first-order valence-corrected chi connectivity index (χ1v) is 6.54. The Morgan fingerprint density at radius 3 is 2.61 bits per heavy atom. The van der Waals surface area contributed by atoms with E-state index < -0.39 is 5.60 Å². The summed E-state index contributed by atoms with van der Waals surface area (Å²) in [6.07, 6.45) is 0. The summed E-state index contributed by atoms with van der Waals surface area (Å²) in [5.41, 5.74) is 1.64. The van der Waals surface area contributed by atoms with Crippen LogP contribution in [-0.2, 0) is 0 Å². The van der Waals surface area contributed by atoms with E-state index in [2.05, 4.69) is 49.2 Å². The van der Waals surface area contributed by atoms with Gasteiger partial charge in [-0.3, -0.25) is 0 Å². The van der Waals surface area contributed by atoms with Gasteiger partial charge in [-0.25, -0.2) is 0 Å². The van der Waals surface area contributed by atoms with Gasteiger partial charge in [0.1, 0.15) is 0 Å². The van der Waals surface area contributed by atoms with Crippen LogP contribution in [0.4, 0.5) is 5.69 Å². The lowest BCUT2D eigenvalue weighted by Gasteiger charge is -2.31. The van der Waals surface area contributed by atoms with Crippen molar-refractivity contribution in [3.63, 3.8) is 0 Å². The monoisotopic (exact) mass is 250 g/mol. The quantitative estimate of drug-likeness (QED) is 0.812. The van der Waals surface area contributed by atoms with Gasteiger partial charge in [0, 0.05) is 31.9 Å². The van der Waals surface area contributed by atoms with Gasteiger partial charge in [0.15, 0.2) is 0 Å². The molecule has 0 spiro atoms. The normalized spacial score (nSPS) is 14.6. The van der Waals surface area contributed by atoms with Crippen molar-refractivity contribution < 1.29 is 5.11 Å². The fraction of sp³-hybridized carbons (Fsp3) is 0.600. The maximum Gasteiger partial charge on any atom is 0.0917 e. The molecule has 0 fully saturated rings. The van der Waals surface area contributed by atoms with Crippen LogP contribution in [-0.4, -0.2) is 36.9 Å². The van der Waals surface area contributed by atoms with Gasteiger partial charge in [-0.05, 0) is 31.5 Å². The lowest BCUT2D eigenvalue weighted by molar-refractivity contribution is 0.0656. The highest BCUT2D eigenvalue weighted by molar-refractivity contribution is 5.47. The zero-order valence-corrected chi connectivity index (χ0v) is 12.2. The Hall–Kier alpha value is -1.06. The number of rotatable bonds is 6. The minimum absolute atomic E-state index is 0.390. The lowest BCUT2D eigenvalue weighted by atomic mass is 10.1. The number of hydrogen-bond donors (Lipinski definition) is 2. The van der Waals surface area contributed by atoms with Crippen LogP contribution in [0, 0.1) is 6.92 Å². The molecule has 0 saturated heterocycles. The molecule has 0 aliphatic rings. The van der Waals surface area contributed by atoms with Crippen molar-refractivity contribution in [2.24, 2.45) is 0 Å². The molecular weight excluding hydrogens is 224 g/mol. The number of nitrogens with zero attached hydrogens (tertiary/aromatic N) is 1. The highest BCUT2D eigenvalue weighted by atomic mass is 16.3. The summed E-state index contributed by atoms with van der Waals surface area (Å²) in [7, 11) is 2.01. The van der Waals surface area contributed by atoms with E-state index in [4.69, 9.17) is 0 Å². The Balaban J connectivity index is 2.60. The third-order valence-corrected chi connectivity index (χ3v) is 2.91. The van der Waals surface area contributed by atoms with Crippen molar-refractivity contribution in [1.82, 2.24) is 5.32 Å². The largest absolute Gasteiger partial charge is 0.387 e. The highest BCUT2D eigenvalue weighted by Gasteiger charge is 2.22. The van der Waals surface area contributed by atoms with E-state index in [-0.39, 0.29) is 0 Å². The molecule has 0 aliphatic carbocycles. The second kappa shape index (κ2) is 6.21. The third kappa shape index (κ3) is 5.07. The summed E-state index contributed by atoms with van der Waals surface area (Å²) in [6.45, 7) is 9.32. The first-order valence-electron chi connectivity index (χ1n) is 6.54. The fourth-order valence-corrected chi connectivity index (χ4v) is 1.95. The third-order valence-electron chi connectivity index (χ3n) is 2.91. The van der Waals surface area contributed by atoms with Crippen molar-refractivity contribution in [3.05, 3.63) is 29.8 Å². The molecular formula is C15H26N2O. The molecule has 18 heavy (non-hydrogen) atoms. The van der Waals surface area contributed by atoms with Gasteiger partial charge in [0.25, 0.3) is 0 Å². The van der Waals surface area contributed by atoms with Crippen molar-refractivity contribution >= 4 is 5.69 Å². The number of likely N-dealkylation sites (N-methyl/N-ethyl adjacent to an activating group) is 1. The second-order valence-corrected chi connectivity index (χ2v) is 5.73. The van der Waals surface area contributed by atoms with Gasteiger partial charge in [0.2, 0.25) is 0 Å². The zero-order valence-electron chi connectivity index (χ0n) is 12.2. The molecule has 0 aliphatic heterocycles. The van der Waals surface area contributed by atoms with Gasteiger partial charge < -0.3 is 15.3 Å². The zero-order chi connectivity index (χ0) is 13.8. The van der Waals surface area contributed by atoms with Crippen LogP contribution in [0.15, 0.2) is 24.3 Å². The van der Waals surface area contributed by atoms with Gasteiger partial charge in [-0.15, -0.1) is 0 Å². The van der Waals surface area contributed by atoms with Gasteiger partial charge in [0.05, 0.1) is 5.60 Å². The lowest BCUT2D eigenvalue weighted by Crippen LogP contribution is -2.48. The van der Waals surface area contributed by atoms with E-state index in [9.17, 15) is 5.11 Å². The summed E-state index contributed by atoms with van der Waals surface area (Å²) < 4.78 is 0. The van der Waals surface area contributed by atoms with Crippen molar-refractivity contribution in [3.8, 4) is 0 Å². The minimum Gasteiger partial charge on any atom is -0.387 e. The highest BCUT2D eigenvalue weighted by Crippen LogP contribution is 2.16. The molecule has 3 nitrogen and oxygen atoms in total. The van der Waals surface area contributed by atoms with Crippen molar-refractivity contribution in [1.29, 1.82) is 0 Å². The average molecular weight is 250 g/mol. The number of benzene rings is 1.